The summed E-state index contributed by atoms with van der Waals surface area (Å²) in [7, 11) is 1.64. The quantitative estimate of drug-likeness (QED) is 0.603. The van der Waals surface area contributed by atoms with Crippen LogP contribution in [0, 0.1) is 0 Å². The average Bonchev–Trinajstić information content (AvgIpc) is 2.45. The number of methoxy groups -OCH3 is 1. The maximum absolute atomic E-state index is 5.83. The van der Waals surface area contributed by atoms with Crippen LogP contribution in [0.3, 0.4) is 0 Å². The summed E-state index contributed by atoms with van der Waals surface area (Å²) in [5.41, 5.74) is 6.60. The predicted octanol–water partition coefficient (Wildman–Crippen LogP) is 2.35. The van der Waals surface area contributed by atoms with E-state index >= 15 is 0 Å². The molecule has 6 nitrogen and oxygen atoms in total. The SMILES string of the molecule is COCCOc1cccc(CNc2cc(Cl)nc(N)n2)c1. The highest BCUT2D eigenvalue weighted by Gasteiger charge is 2.01. The van der Waals surface area contributed by atoms with Crippen molar-refractivity contribution in [3.8, 4) is 5.75 Å². The number of nitrogens with one attached hydrogen (secondary N) is 1. The highest BCUT2D eigenvalue weighted by atomic mass is 35.5. The fourth-order valence-corrected chi connectivity index (χ4v) is 1.90. The second-order valence-electron chi connectivity index (χ2n) is 4.28. The number of hydrogen-bond acceptors (Lipinski definition) is 6. The lowest BCUT2D eigenvalue weighted by atomic mass is 10.2. The first-order valence-electron chi connectivity index (χ1n) is 6.42. The van der Waals surface area contributed by atoms with Crippen LogP contribution in [0.5, 0.6) is 5.75 Å². The minimum atomic E-state index is 0.140. The van der Waals surface area contributed by atoms with Gasteiger partial charge in [0, 0.05) is 19.7 Å². The largest absolute Gasteiger partial charge is 0.491 e. The van der Waals surface area contributed by atoms with Gasteiger partial charge >= 0.3 is 0 Å². The molecule has 3 N–H and O–H groups in total. The Morgan fingerprint density at radius 2 is 2.10 bits per heavy atom. The van der Waals surface area contributed by atoms with Gasteiger partial charge in [0.2, 0.25) is 5.95 Å². The molecule has 21 heavy (non-hydrogen) atoms. The number of aromatic nitrogens is 2. The molecule has 1 aromatic heterocycles. The van der Waals surface area contributed by atoms with Crippen molar-refractivity contribution in [1.29, 1.82) is 0 Å². The zero-order chi connectivity index (χ0) is 15.1. The minimum absolute atomic E-state index is 0.140. The Kier molecular flexibility index (Phi) is 5.59. The summed E-state index contributed by atoms with van der Waals surface area (Å²) in [6, 6.07) is 9.40. The van der Waals surface area contributed by atoms with Crippen molar-refractivity contribution in [3.05, 3.63) is 41.0 Å². The molecule has 0 saturated carbocycles. The second-order valence-corrected chi connectivity index (χ2v) is 4.66. The monoisotopic (exact) mass is 308 g/mol. The first-order chi connectivity index (χ1) is 10.2. The number of nitrogens with zero attached hydrogens (tertiary/aromatic N) is 2. The van der Waals surface area contributed by atoms with E-state index in [2.05, 4.69) is 15.3 Å². The zero-order valence-electron chi connectivity index (χ0n) is 11.7. The predicted molar refractivity (Wildman–Crippen MR) is 82.6 cm³/mol. The van der Waals surface area contributed by atoms with Crippen molar-refractivity contribution in [3.63, 3.8) is 0 Å². The third kappa shape index (κ3) is 5.09. The summed E-state index contributed by atoms with van der Waals surface area (Å²) in [5, 5.41) is 3.45. The fraction of sp³-hybridized carbons (Fsp3) is 0.286. The molecule has 0 spiro atoms. The minimum Gasteiger partial charge on any atom is -0.491 e. The molecule has 0 atom stereocenters. The summed E-state index contributed by atoms with van der Waals surface area (Å²) in [6.45, 7) is 1.65. The summed E-state index contributed by atoms with van der Waals surface area (Å²) in [6.07, 6.45) is 0. The molecular weight excluding hydrogens is 292 g/mol. The van der Waals surface area contributed by atoms with Gasteiger partial charge in [-0.2, -0.15) is 4.98 Å². The van der Waals surface area contributed by atoms with E-state index in [1.807, 2.05) is 24.3 Å². The molecule has 7 heteroatoms. The van der Waals surface area contributed by atoms with Crippen LogP contribution >= 0.6 is 11.6 Å². The van der Waals surface area contributed by atoms with Gasteiger partial charge in [0.15, 0.2) is 0 Å². The van der Waals surface area contributed by atoms with Crippen LogP contribution < -0.4 is 15.8 Å². The lowest BCUT2D eigenvalue weighted by molar-refractivity contribution is 0.146. The molecule has 0 aliphatic heterocycles. The van der Waals surface area contributed by atoms with E-state index in [-0.39, 0.29) is 5.95 Å². The number of halogens is 1. The van der Waals surface area contributed by atoms with E-state index in [9.17, 15) is 0 Å². The molecule has 0 aliphatic carbocycles. The molecule has 1 heterocycles. The van der Waals surface area contributed by atoms with Crippen molar-refractivity contribution >= 4 is 23.4 Å². The highest BCUT2D eigenvalue weighted by Crippen LogP contribution is 2.16. The third-order valence-corrected chi connectivity index (χ3v) is 2.83. The third-order valence-electron chi connectivity index (χ3n) is 2.64. The zero-order valence-corrected chi connectivity index (χ0v) is 12.4. The number of anilines is 2. The lowest BCUT2D eigenvalue weighted by Crippen LogP contribution is -2.06. The topological polar surface area (TPSA) is 82.3 Å². The van der Waals surface area contributed by atoms with E-state index in [4.69, 9.17) is 26.8 Å². The van der Waals surface area contributed by atoms with E-state index < -0.39 is 0 Å². The molecule has 0 fully saturated rings. The molecule has 0 bridgehead atoms. The summed E-state index contributed by atoms with van der Waals surface area (Å²) < 4.78 is 10.5. The van der Waals surface area contributed by atoms with Gasteiger partial charge in [-0.15, -0.1) is 0 Å². The molecule has 0 unspecified atom stereocenters. The van der Waals surface area contributed by atoms with Crippen LogP contribution in [-0.2, 0) is 11.3 Å². The van der Waals surface area contributed by atoms with Crippen molar-refractivity contribution in [2.45, 2.75) is 6.54 Å². The smallest absolute Gasteiger partial charge is 0.223 e. The molecule has 0 radical (unpaired) electrons. The maximum atomic E-state index is 5.83. The first kappa shape index (κ1) is 15.3. The maximum Gasteiger partial charge on any atom is 0.223 e. The Labute approximate surface area is 128 Å². The van der Waals surface area contributed by atoms with Crippen LogP contribution in [0.1, 0.15) is 5.56 Å². The van der Waals surface area contributed by atoms with Crippen molar-refractivity contribution in [1.82, 2.24) is 9.97 Å². The molecule has 2 aromatic rings. The Morgan fingerprint density at radius 1 is 1.24 bits per heavy atom. The first-order valence-corrected chi connectivity index (χ1v) is 6.80. The molecule has 112 valence electrons. The molecule has 0 aliphatic rings. The van der Waals surface area contributed by atoms with Gasteiger partial charge in [0.05, 0.1) is 6.61 Å². The van der Waals surface area contributed by atoms with E-state index in [1.165, 1.54) is 0 Å². The molecule has 0 amide bonds. The van der Waals surface area contributed by atoms with Crippen molar-refractivity contribution in [2.75, 3.05) is 31.4 Å². The summed E-state index contributed by atoms with van der Waals surface area (Å²) >= 11 is 5.83. The number of benzene rings is 1. The highest BCUT2D eigenvalue weighted by molar-refractivity contribution is 6.29. The standard InChI is InChI=1S/C14H17ClN4O2/c1-20-5-6-21-11-4-2-3-10(7-11)9-17-13-8-12(15)18-14(16)19-13/h2-4,7-8H,5-6,9H2,1H3,(H3,16,17,18,19). The van der Waals surface area contributed by atoms with Crippen LogP contribution in [0.2, 0.25) is 5.15 Å². The number of nitrogen functional groups attached to an aromatic ring is 1. The lowest BCUT2D eigenvalue weighted by Gasteiger charge is -2.09. The van der Waals surface area contributed by atoms with Gasteiger partial charge in [-0.3, -0.25) is 0 Å². The normalized spacial score (nSPS) is 10.4. The van der Waals surface area contributed by atoms with Crippen LogP contribution in [0.4, 0.5) is 11.8 Å². The van der Waals surface area contributed by atoms with E-state index in [0.29, 0.717) is 30.7 Å². The second kappa shape index (κ2) is 7.66. The van der Waals surface area contributed by atoms with Crippen molar-refractivity contribution < 1.29 is 9.47 Å². The van der Waals surface area contributed by atoms with E-state index in [1.54, 1.807) is 13.2 Å². The van der Waals surface area contributed by atoms with Gasteiger partial charge in [0.25, 0.3) is 0 Å². The Balaban J connectivity index is 1.94. The summed E-state index contributed by atoms with van der Waals surface area (Å²) in [4.78, 5) is 7.86. The molecule has 2 rings (SSSR count). The number of rotatable bonds is 7. The van der Waals surface area contributed by atoms with Crippen LogP contribution in [0.25, 0.3) is 0 Å². The van der Waals surface area contributed by atoms with Crippen molar-refractivity contribution in [2.24, 2.45) is 0 Å². The van der Waals surface area contributed by atoms with Gasteiger partial charge < -0.3 is 20.5 Å². The summed E-state index contributed by atoms with van der Waals surface area (Å²) in [5.74, 6) is 1.52. The number of ether oxygens (including phenoxy) is 2. The van der Waals surface area contributed by atoms with Gasteiger partial charge in [-0.25, -0.2) is 4.98 Å². The van der Waals surface area contributed by atoms with Gasteiger partial charge in [0.1, 0.15) is 23.3 Å². The van der Waals surface area contributed by atoms with Crippen LogP contribution in [0.15, 0.2) is 30.3 Å². The Morgan fingerprint density at radius 3 is 2.86 bits per heavy atom. The van der Waals surface area contributed by atoms with E-state index in [0.717, 1.165) is 11.3 Å². The number of hydrogen-bond donors (Lipinski definition) is 2. The fourth-order valence-electron chi connectivity index (χ4n) is 1.71. The van der Waals surface area contributed by atoms with Gasteiger partial charge in [-0.05, 0) is 17.7 Å². The molecular formula is C14H17ClN4O2. The Bertz CT molecular complexity index is 575. The van der Waals surface area contributed by atoms with Gasteiger partial charge in [-0.1, -0.05) is 23.7 Å². The average molecular weight is 309 g/mol. The van der Waals surface area contributed by atoms with Crippen LogP contribution in [-0.4, -0.2) is 30.3 Å². The molecule has 0 saturated heterocycles. The Hall–Kier alpha value is -2.05. The number of nitrogens with two attached hydrogens (primary N) is 1. The molecule has 1 aromatic carbocycles.